The summed E-state index contributed by atoms with van der Waals surface area (Å²) >= 11 is 0. The van der Waals surface area contributed by atoms with E-state index in [-0.39, 0.29) is 0 Å². The van der Waals surface area contributed by atoms with Crippen LogP contribution < -0.4 is 0 Å². The van der Waals surface area contributed by atoms with E-state index in [1.54, 1.807) is 19.4 Å². The average molecular weight is 98.1 g/mol. The number of hydrogen-bond donors (Lipinski definition) is 0. The number of allylic oxidation sites excluding steroid dienone is 2. The summed E-state index contributed by atoms with van der Waals surface area (Å²) in [6.45, 7) is 5.54. The van der Waals surface area contributed by atoms with Crippen LogP contribution in [0.1, 0.15) is 6.92 Å². The van der Waals surface area contributed by atoms with Gasteiger partial charge in [-0.2, -0.15) is 0 Å². The number of hydrogen-bond acceptors (Lipinski definition) is 1. The highest BCUT2D eigenvalue weighted by Gasteiger charge is 1.67. The Labute approximate surface area is 44.3 Å². The standard InChI is InChI=1S/C6H10O/c1-6(2)4-5-7-3/h4-5H,1H2,2-3H3. The minimum atomic E-state index is 1.00. The average Bonchev–Trinajstić information content (AvgIpc) is 1.61. The van der Waals surface area contributed by atoms with Crippen molar-refractivity contribution in [1.82, 2.24) is 0 Å². The van der Waals surface area contributed by atoms with Crippen molar-refractivity contribution in [3.63, 3.8) is 0 Å². The predicted molar refractivity (Wildman–Crippen MR) is 31.0 cm³/mol. The van der Waals surface area contributed by atoms with Crippen LogP contribution in [0.5, 0.6) is 0 Å². The molecule has 0 aliphatic heterocycles. The third kappa shape index (κ3) is 5.28. The Morgan fingerprint density at radius 1 is 1.71 bits per heavy atom. The molecule has 0 aromatic rings. The Hall–Kier alpha value is -0.720. The van der Waals surface area contributed by atoms with Crippen LogP contribution in [0, 0.1) is 0 Å². The monoisotopic (exact) mass is 98.1 g/mol. The maximum absolute atomic E-state index is 4.61. The molecule has 0 aliphatic rings. The minimum absolute atomic E-state index is 1.00. The summed E-state index contributed by atoms with van der Waals surface area (Å²) in [5.74, 6) is 0. The van der Waals surface area contributed by atoms with E-state index in [0.717, 1.165) is 5.57 Å². The molecule has 0 unspecified atom stereocenters. The largest absolute Gasteiger partial charge is 0.504 e. The molecule has 0 N–H and O–H groups in total. The van der Waals surface area contributed by atoms with Gasteiger partial charge in [0, 0.05) is 0 Å². The van der Waals surface area contributed by atoms with E-state index in [1.807, 2.05) is 6.92 Å². The first-order valence-corrected chi connectivity index (χ1v) is 2.12. The lowest BCUT2D eigenvalue weighted by Gasteiger charge is -1.83. The highest BCUT2D eigenvalue weighted by atomic mass is 16.5. The Kier molecular flexibility index (Phi) is 3.11. The van der Waals surface area contributed by atoms with Gasteiger partial charge >= 0.3 is 0 Å². The van der Waals surface area contributed by atoms with Crippen LogP contribution in [-0.4, -0.2) is 7.11 Å². The molecule has 0 radical (unpaired) electrons. The molecule has 0 saturated carbocycles. The van der Waals surface area contributed by atoms with Crippen molar-refractivity contribution in [3.8, 4) is 0 Å². The zero-order valence-corrected chi connectivity index (χ0v) is 4.77. The van der Waals surface area contributed by atoms with Gasteiger partial charge in [0.2, 0.25) is 0 Å². The quantitative estimate of drug-likeness (QED) is 0.377. The van der Waals surface area contributed by atoms with Crippen molar-refractivity contribution in [2.24, 2.45) is 0 Å². The molecule has 0 aromatic heterocycles. The lowest BCUT2D eigenvalue weighted by Crippen LogP contribution is -1.64. The van der Waals surface area contributed by atoms with Gasteiger partial charge in [-0.15, -0.1) is 0 Å². The van der Waals surface area contributed by atoms with Gasteiger partial charge in [-0.05, 0) is 13.0 Å². The first-order chi connectivity index (χ1) is 3.27. The molecular weight excluding hydrogens is 88.1 g/mol. The van der Waals surface area contributed by atoms with Crippen molar-refractivity contribution in [1.29, 1.82) is 0 Å². The second kappa shape index (κ2) is 3.47. The Morgan fingerprint density at radius 2 is 2.29 bits per heavy atom. The van der Waals surface area contributed by atoms with E-state index in [2.05, 4.69) is 11.3 Å². The van der Waals surface area contributed by atoms with Crippen LogP contribution in [0.3, 0.4) is 0 Å². The van der Waals surface area contributed by atoms with Crippen molar-refractivity contribution in [3.05, 3.63) is 24.5 Å². The Balaban J connectivity index is 3.26. The molecule has 7 heavy (non-hydrogen) atoms. The summed E-state index contributed by atoms with van der Waals surface area (Å²) in [5.41, 5.74) is 1.00. The van der Waals surface area contributed by atoms with Crippen LogP contribution >= 0.6 is 0 Å². The maximum Gasteiger partial charge on any atom is 0.0827 e. The molecule has 0 aliphatic carbocycles. The lowest BCUT2D eigenvalue weighted by molar-refractivity contribution is 0.338. The zero-order chi connectivity index (χ0) is 5.70. The molecule has 40 valence electrons. The van der Waals surface area contributed by atoms with Gasteiger partial charge in [-0.25, -0.2) is 0 Å². The van der Waals surface area contributed by atoms with E-state index < -0.39 is 0 Å². The van der Waals surface area contributed by atoms with Crippen molar-refractivity contribution in [2.45, 2.75) is 6.92 Å². The van der Waals surface area contributed by atoms with Gasteiger partial charge in [0.05, 0.1) is 13.4 Å². The van der Waals surface area contributed by atoms with Crippen LogP contribution in [0.25, 0.3) is 0 Å². The topological polar surface area (TPSA) is 9.23 Å². The Morgan fingerprint density at radius 3 is 2.43 bits per heavy atom. The third-order valence-electron chi connectivity index (χ3n) is 0.489. The summed E-state index contributed by atoms with van der Waals surface area (Å²) in [7, 11) is 1.61. The molecule has 1 heteroatoms. The maximum atomic E-state index is 4.61. The molecule has 0 saturated heterocycles. The van der Waals surface area contributed by atoms with E-state index in [1.165, 1.54) is 0 Å². The predicted octanol–water partition coefficient (Wildman–Crippen LogP) is 1.72. The fraction of sp³-hybridized carbons (Fsp3) is 0.333. The van der Waals surface area contributed by atoms with Gasteiger partial charge in [0.15, 0.2) is 0 Å². The van der Waals surface area contributed by atoms with E-state index in [4.69, 9.17) is 0 Å². The van der Waals surface area contributed by atoms with Crippen LogP contribution in [0.2, 0.25) is 0 Å². The lowest BCUT2D eigenvalue weighted by atomic mass is 10.4. The fourth-order valence-corrected chi connectivity index (χ4v) is 0.184. The molecule has 0 aromatic carbocycles. The van der Waals surface area contributed by atoms with E-state index in [9.17, 15) is 0 Å². The highest BCUT2D eigenvalue weighted by Crippen LogP contribution is 1.86. The minimum Gasteiger partial charge on any atom is -0.504 e. The van der Waals surface area contributed by atoms with Crippen LogP contribution in [0.4, 0.5) is 0 Å². The van der Waals surface area contributed by atoms with Crippen molar-refractivity contribution < 1.29 is 4.74 Å². The zero-order valence-electron chi connectivity index (χ0n) is 4.77. The Bertz CT molecular complexity index is 82.2. The number of ether oxygens (including phenoxy) is 1. The molecule has 0 fully saturated rings. The molecule has 0 spiro atoms. The van der Waals surface area contributed by atoms with Crippen molar-refractivity contribution in [2.75, 3.05) is 7.11 Å². The molecule has 0 bridgehead atoms. The first-order valence-electron chi connectivity index (χ1n) is 2.12. The van der Waals surface area contributed by atoms with Gasteiger partial charge in [0.25, 0.3) is 0 Å². The smallest absolute Gasteiger partial charge is 0.0827 e. The van der Waals surface area contributed by atoms with Crippen LogP contribution in [0.15, 0.2) is 24.5 Å². The van der Waals surface area contributed by atoms with Gasteiger partial charge < -0.3 is 4.74 Å². The second-order valence-electron chi connectivity index (χ2n) is 1.38. The molecular formula is C6H10O. The molecule has 0 heterocycles. The summed E-state index contributed by atoms with van der Waals surface area (Å²) in [4.78, 5) is 0. The van der Waals surface area contributed by atoms with Crippen molar-refractivity contribution >= 4 is 0 Å². The number of methoxy groups -OCH3 is 1. The second-order valence-corrected chi connectivity index (χ2v) is 1.38. The molecule has 1 nitrogen and oxygen atoms in total. The summed E-state index contributed by atoms with van der Waals surface area (Å²) in [5, 5.41) is 0. The summed E-state index contributed by atoms with van der Waals surface area (Å²) in [6, 6.07) is 0. The number of rotatable bonds is 2. The third-order valence-corrected chi connectivity index (χ3v) is 0.489. The molecule has 0 atom stereocenters. The first kappa shape index (κ1) is 6.28. The van der Waals surface area contributed by atoms with Crippen LogP contribution in [-0.2, 0) is 4.74 Å². The molecule has 0 rings (SSSR count). The van der Waals surface area contributed by atoms with E-state index >= 15 is 0 Å². The van der Waals surface area contributed by atoms with Gasteiger partial charge in [-0.3, -0.25) is 0 Å². The van der Waals surface area contributed by atoms with Gasteiger partial charge in [-0.1, -0.05) is 12.2 Å². The normalized spacial score (nSPS) is 9.43. The summed E-state index contributed by atoms with van der Waals surface area (Å²) < 4.78 is 4.61. The summed E-state index contributed by atoms with van der Waals surface area (Å²) in [6.07, 6.45) is 3.41. The highest BCUT2D eigenvalue weighted by molar-refractivity contribution is 5.08. The fourth-order valence-electron chi connectivity index (χ4n) is 0.184. The van der Waals surface area contributed by atoms with E-state index in [0.29, 0.717) is 0 Å². The van der Waals surface area contributed by atoms with Gasteiger partial charge in [0.1, 0.15) is 0 Å². The molecule has 0 amide bonds. The SMILES string of the molecule is C=C(C)C=COC.